The second-order valence-electron chi connectivity index (χ2n) is 4.94. The summed E-state index contributed by atoms with van der Waals surface area (Å²) in [7, 11) is -3.65. The molecular formula is C15H17BrN2O2S. The van der Waals surface area contributed by atoms with Crippen LogP contribution in [0, 0.1) is 6.92 Å². The van der Waals surface area contributed by atoms with Crippen LogP contribution in [0.5, 0.6) is 0 Å². The number of benzene rings is 2. The lowest BCUT2D eigenvalue weighted by Gasteiger charge is -2.16. The van der Waals surface area contributed by atoms with Crippen LogP contribution < -0.4 is 10.5 Å². The number of aryl methyl sites for hydroxylation is 1. The van der Waals surface area contributed by atoms with E-state index in [9.17, 15) is 8.42 Å². The lowest BCUT2D eigenvalue weighted by atomic mass is 10.1. The summed E-state index contributed by atoms with van der Waals surface area (Å²) in [4.78, 5) is 0.140. The molecule has 2 rings (SSSR count). The minimum absolute atomic E-state index is 0.140. The van der Waals surface area contributed by atoms with Crippen LogP contribution in [-0.2, 0) is 10.0 Å². The molecule has 6 heteroatoms. The summed E-state index contributed by atoms with van der Waals surface area (Å²) in [5.74, 6) is 0. The maximum Gasteiger partial charge on any atom is 0.242 e. The standard InChI is InChI=1S/C15H17BrN2O2S/c1-10-3-5-12(6-4-10)11(2)18-21(19,20)15-9-13(17)7-8-14(15)16/h3-9,11,18H,17H2,1-2H3. The zero-order valence-corrected chi connectivity index (χ0v) is 14.2. The van der Waals surface area contributed by atoms with E-state index in [4.69, 9.17) is 5.73 Å². The summed E-state index contributed by atoms with van der Waals surface area (Å²) in [6.07, 6.45) is 0. The highest BCUT2D eigenvalue weighted by Gasteiger charge is 2.21. The predicted molar refractivity (Wildman–Crippen MR) is 88.5 cm³/mol. The Morgan fingerprint density at radius 1 is 1.14 bits per heavy atom. The molecule has 3 N–H and O–H groups in total. The van der Waals surface area contributed by atoms with Gasteiger partial charge in [0.1, 0.15) is 0 Å². The molecule has 2 aromatic carbocycles. The Labute approximate surface area is 133 Å². The average Bonchev–Trinajstić information content (AvgIpc) is 2.41. The van der Waals surface area contributed by atoms with Crippen LogP contribution in [0.1, 0.15) is 24.1 Å². The van der Waals surface area contributed by atoms with Gasteiger partial charge in [-0.1, -0.05) is 29.8 Å². The molecule has 21 heavy (non-hydrogen) atoms. The maximum absolute atomic E-state index is 12.5. The normalized spacial score (nSPS) is 13.1. The molecule has 0 saturated carbocycles. The highest BCUT2D eigenvalue weighted by molar-refractivity contribution is 9.10. The van der Waals surface area contributed by atoms with Crippen LogP contribution in [0.4, 0.5) is 5.69 Å². The van der Waals surface area contributed by atoms with Crippen LogP contribution in [0.15, 0.2) is 51.8 Å². The zero-order valence-electron chi connectivity index (χ0n) is 11.8. The summed E-state index contributed by atoms with van der Waals surface area (Å²) in [6, 6.07) is 12.1. The molecule has 0 aromatic heterocycles. The fourth-order valence-corrected chi connectivity index (χ4v) is 4.18. The van der Waals surface area contributed by atoms with Gasteiger partial charge in [0.25, 0.3) is 0 Å². The second-order valence-corrected chi connectivity index (χ2v) is 7.48. The number of halogens is 1. The summed E-state index contributed by atoms with van der Waals surface area (Å²) in [5, 5.41) is 0. The van der Waals surface area contributed by atoms with Crippen molar-refractivity contribution in [1.82, 2.24) is 4.72 Å². The van der Waals surface area contributed by atoms with Gasteiger partial charge < -0.3 is 5.73 Å². The van der Waals surface area contributed by atoms with Gasteiger partial charge in [0.2, 0.25) is 10.0 Å². The molecule has 0 fully saturated rings. The Morgan fingerprint density at radius 3 is 2.38 bits per heavy atom. The average molecular weight is 369 g/mol. The van der Waals surface area contributed by atoms with Gasteiger partial charge in [-0.3, -0.25) is 0 Å². The van der Waals surface area contributed by atoms with Gasteiger partial charge >= 0.3 is 0 Å². The molecule has 0 bridgehead atoms. The number of sulfonamides is 1. The van der Waals surface area contributed by atoms with Crippen LogP contribution >= 0.6 is 15.9 Å². The monoisotopic (exact) mass is 368 g/mol. The number of nitrogens with two attached hydrogens (primary N) is 1. The van der Waals surface area contributed by atoms with Gasteiger partial charge in [0.05, 0.1) is 4.90 Å². The van der Waals surface area contributed by atoms with Gasteiger partial charge in [-0.15, -0.1) is 0 Å². The molecule has 0 amide bonds. The van der Waals surface area contributed by atoms with Crippen molar-refractivity contribution in [3.63, 3.8) is 0 Å². The first-order chi connectivity index (χ1) is 9.79. The van der Waals surface area contributed by atoms with E-state index < -0.39 is 10.0 Å². The topological polar surface area (TPSA) is 72.2 Å². The minimum atomic E-state index is -3.65. The Hall–Kier alpha value is -1.37. The molecule has 0 spiro atoms. The van der Waals surface area contributed by atoms with E-state index in [0.717, 1.165) is 11.1 Å². The lowest BCUT2D eigenvalue weighted by molar-refractivity contribution is 0.566. The highest BCUT2D eigenvalue weighted by atomic mass is 79.9. The van der Waals surface area contributed by atoms with E-state index in [1.54, 1.807) is 12.1 Å². The Morgan fingerprint density at radius 2 is 1.76 bits per heavy atom. The lowest BCUT2D eigenvalue weighted by Crippen LogP contribution is -2.27. The third-order valence-electron chi connectivity index (χ3n) is 3.15. The van der Waals surface area contributed by atoms with Gasteiger partial charge in [0.15, 0.2) is 0 Å². The molecule has 1 atom stereocenters. The summed E-state index contributed by atoms with van der Waals surface area (Å²) in [5.41, 5.74) is 8.11. The second kappa shape index (κ2) is 6.17. The van der Waals surface area contributed by atoms with Crippen LogP contribution in [0.3, 0.4) is 0 Å². The van der Waals surface area contributed by atoms with E-state index in [-0.39, 0.29) is 10.9 Å². The third-order valence-corrected chi connectivity index (χ3v) is 5.69. The van der Waals surface area contributed by atoms with Gasteiger partial charge in [-0.25, -0.2) is 13.1 Å². The van der Waals surface area contributed by atoms with Crippen molar-refractivity contribution in [1.29, 1.82) is 0 Å². The number of hydrogen-bond acceptors (Lipinski definition) is 3. The van der Waals surface area contributed by atoms with Crippen LogP contribution in [0.2, 0.25) is 0 Å². The van der Waals surface area contributed by atoms with Gasteiger partial charge in [-0.2, -0.15) is 0 Å². The van der Waals surface area contributed by atoms with E-state index in [0.29, 0.717) is 10.2 Å². The molecule has 2 aromatic rings. The number of hydrogen-bond donors (Lipinski definition) is 2. The molecule has 112 valence electrons. The molecule has 0 heterocycles. The number of nitrogens with one attached hydrogen (secondary N) is 1. The fraction of sp³-hybridized carbons (Fsp3) is 0.200. The summed E-state index contributed by atoms with van der Waals surface area (Å²) >= 11 is 3.25. The third kappa shape index (κ3) is 3.84. The van der Waals surface area contributed by atoms with Crippen molar-refractivity contribution >= 4 is 31.6 Å². The minimum Gasteiger partial charge on any atom is -0.399 e. The molecule has 0 radical (unpaired) electrons. The maximum atomic E-state index is 12.5. The smallest absolute Gasteiger partial charge is 0.242 e. The highest BCUT2D eigenvalue weighted by Crippen LogP contribution is 2.26. The number of anilines is 1. The van der Waals surface area contributed by atoms with Crippen molar-refractivity contribution in [2.24, 2.45) is 0 Å². The Bertz CT molecular complexity index is 743. The first kappa shape index (κ1) is 16.0. The van der Waals surface area contributed by atoms with Crippen molar-refractivity contribution < 1.29 is 8.42 Å². The summed E-state index contributed by atoms with van der Waals surface area (Å²) < 4.78 is 28.1. The zero-order chi connectivity index (χ0) is 15.6. The molecule has 4 nitrogen and oxygen atoms in total. The number of nitrogen functional groups attached to an aromatic ring is 1. The SMILES string of the molecule is Cc1ccc(C(C)NS(=O)(=O)c2cc(N)ccc2Br)cc1. The van der Waals surface area contributed by atoms with Gasteiger partial charge in [-0.05, 0) is 53.5 Å². The van der Waals surface area contributed by atoms with Crippen LogP contribution in [-0.4, -0.2) is 8.42 Å². The van der Waals surface area contributed by atoms with Crippen LogP contribution in [0.25, 0.3) is 0 Å². The largest absolute Gasteiger partial charge is 0.399 e. The van der Waals surface area contributed by atoms with Crippen molar-refractivity contribution in [3.8, 4) is 0 Å². The molecular weight excluding hydrogens is 352 g/mol. The first-order valence-corrected chi connectivity index (χ1v) is 8.71. The molecule has 0 aliphatic heterocycles. The first-order valence-electron chi connectivity index (χ1n) is 6.43. The van der Waals surface area contributed by atoms with Crippen molar-refractivity contribution in [3.05, 3.63) is 58.1 Å². The van der Waals surface area contributed by atoms with Gasteiger partial charge in [0, 0.05) is 16.2 Å². The fourth-order valence-electron chi connectivity index (χ4n) is 1.95. The quantitative estimate of drug-likeness (QED) is 0.812. The number of rotatable bonds is 4. The van der Waals surface area contributed by atoms with Crippen molar-refractivity contribution in [2.75, 3.05) is 5.73 Å². The van der Waals surface area contributed by atoms with Crippen molar-refractivity contribution in [2.45, 2.75) is 24.8 Å². The predicted octanol–water partition coefficient (Wildman–Crippen LogP) is 3.38. The molecule has 0 saturated heterocycles. The van der Waals surface area contributed by atoms with E-state index in [1.807, 2.05) is 38.1 Å². The Balaban J connectivity index is 2.28. The van der Waals surface area contributed by atoms with E-state index in [1.165, 1.54) is 6.07 Å². The summed E-state index contributed by atoms with van der Waals surface area (Å²) in [6.45, 7) is 3.80. The molecule has 0 aliphatic carbocycles. The molecule has 0 aliphatic rings. The van der Waals surface area contributed by atoms with E-state index >= 15 is 0 Å². The van der Waals surface area contributed by atoms with E-state index in [2.05, 4.69) is 20.7 Å². The Kier molecular flexibility index (Phi) is 4.70. The molecule has 1 unspecified atom stereocenters.